The number of hydrogen-bond acceptors (Lipinski definition) is 6. The van der Waals surface area contributed by atoms with Crippen molar-refractivity contribution in [3.63, 3.8) is 0 Å². The number of carbonyl (C=O) groups excluding carboxylic acids is 1. The van der Waals surface area contributed by atoms with Crippen molar-refractivity contribution in [1.29, 1.82) is 0 Å². The summed E-state index contributed by atoms with van der Waals surface area (Å²) in [5.74, 6) is 0.630. The van der Waals surface area contributed by atoms with Crippen molar-refractivity contribution in [2.45, 2.75) is 31.1 Å². The molecule has 1 N–H and O–H groups in total. The highest BCUT2D eigenvalue weighted by atomic mass is 32.2. The van der Waals surface area contributed by atoms with E-state index in [1.165, 1.54) is 23.1 Å². The maximum atomic E-state index is 12.3. The molecule has 0 aliphatic carbocycles. The summed E-state index contributed by atoms with van der Waals surface area (Å²) in [6, 6.07) is 5.52. The van der Waals surface area contributed by atoms with Crippen LogP contribution >= 0.6 is 35.3 Å². The minimum atomic E-state index is -0.293. The molecule has 0 unspecified atom stereocenters. The molecule has 142 valence electrons. The first-order valence-electron chi connectivity index (χ1n) is 8.87. The lowest BCUT2D eigenvalue weighted by Crippen LogP contribution is -2.48. The second-order valence-corrected chi connectivity index (χ2v) is 9.82. The monoisotopic (exact) mass is 420 g/mol. The fourth-order valence-corrected chi connectivity index (χ4v) is 5.70. The SMILES string of the molecule is C[C@H](SC(=S)N1C[C@@H]2C[C@@H](C1)c1cccc(=O)n1C2)C(=O)Nc1nccs1. The van der Waals surface area contributed by atoms with Gasteiger partial charge in [-0.3, -0.25) is 9.59 Å². The van der Waals surface area contributed by atoms with Gasteiger partial charge in [0.2, 0.25) is 5.91 Å². The van der Waals surface area contributed by atoms with E-state index in [9.17, 15) is 9.59 Å². The molecule has 6 nitrogen and oxygen atoms in total. The molecule has 1 saturated heterocycles. The Hall–Kier alpha value is -1.71. The number of thiazole rings is 1. The number of carbonyl (C=O) groups is 1. The Kier molecular flexibility index (Phi) is 5.34. The number of thioether (sulfide) groups is 1. The Labute approximate surface area is 171 Å². The molecule has 1 fully saturated rings. The first-order chi connectivity index (χ1) is 13.0. The van der Waals surface area contributed by atoms with Gasteiger partial charge in [-0.05, 0) is 25.3 Å². The van der Waals surface area contributed by atoms with Crippen molar-refractivity contribution in [2.24, 2.45) is 5.92 Å². The number of rotatable bonds is 3. The van der Waals surface area contributed by atoms with Crippen molar-refractivity contribution < 1.29 is 4.79 Å². The Bertz CT molecular complexity index is 912. The fraction of sp³-hybridized carbons (Fsp3) is 0.444. The smallest absolute Gasteiger partial charge is 0.250 e. The van der Waals surface area contributed by atoms with Crippen LogP contribution < -0.4 is 10.9 Å². The number of hydrogen-bond donors (Lipinski definition) is 1. The summed E-state index contributed by atoms with van der Waals surface area (Å²) in [6.07, 6.45) is 2.76. The molecule has 2 aliphatic heterocycles. The number of likely N-dealkylation sites (tertiary alicyclic amines) is 1. The lowest BCUT2D eigenvalue weighted by Gasteiger charge is -2.43. The van der Waals surface area contributed by atoms with E-state index in [1.807, 2.05) is 29.0 Å². The number of anilines is 1. The van der Waals surface area contributed by atoms with Crippen LogP contribution in [0.15, 0.2) is 34.6 Å². The molecule has 2 aromatic rings. The van der Waals surface area contributed by atoms with Crippen molar-refractivity contribution in [3.8, 4) is 0 Å². The second-order valence-electron chi connectivity index (χ2n) is 6.96. The average molecular weight is 421 g/mol. The highest BCUT2D eigenvalue weighted by molar-refractivity contribution is 8.23. The quantitative estimate of drug-likeness (QED) is 0.771. The zero-order valence-electron chi connectivity index (χ0n) is 14.8. The summed E-state index contributed by atoms with van der Waals surface area (Å²) < 4.78 is 2.66. The normalized spacial score (nSPS) is 22.0. The van der Waals surface area contributed by atoms with E-state index in [0.29, 0.717) is 17.0 Å². The maximum Gasteiger partial charge on any atom is 0.250 e. The molecular formula is C18H20N4O2S3. The molecule has 9 heteroatoms. The van der Waals surface area contributed by atoms with Crippen LogP contribution in [-0.2, 0) is 11.3 Å². The summed E-state index contributed by atoms with van der Waals surface area (Å²) in [5, 5.41) is 4.96. The highest BCUT2D eigenvalue weighted by Gasteiger charge is 2.35. The van der Waals surface area contributed by atoms with E-state index < -0.39 is 0 Å². The van der Waals surface area contributed by atoms with E-state index in [4.69, 9.17) is 12.2 Å². The molecule has 1 amide bonds. The molecule has 4 heterocycles. The van der Waals surface area contributed by atoms with Crippen LogP contribution in [0.3, 0.4) is 0 Å². The Morgan fingerprint density at radius 2 is 2.26 bits per heavy atom. The van der Waals surface area contributed by atoms with Crippen LogP contribution in [0.5, 0.6) is 0 Å². The average Bonchev–Trinajstić information content (AvgIpc) is 3.15. The summed E-state index contributed by atoms with van der Waals surface area (Å²) in [7, 11) is 0. The van der Waals surface area contributed by atoms with Crippen molar-refractivity contribution in [2.75, 3.05) is 18.4 Å². The first-order valence-corrected chi connectivity index (χ1v) is 11.0. The highest BCUT2D eigenvalue weighted by Crippen LogP contribution is 2.36. The molecule has 2 aliphatic rings. The Morgan fingerprint density at radius 3 is 3.04 bits per heavy atom. The zero-order valence-corrected chi connectivity index (χ0v) is 17.3. The summed E-state index contributed by atoms with van der Waals surface area (Å²) in [6.45, 7) is 4.24. The fourth-order valence-electron chi connectivity index (χ4n) is 3.82. The second kappa shape index (κ2) is 7.73. The summed E-state index contributed by atoms with van der Waals surface area (Å²) in [4.78, 5) is 30.8. The van der Waals surface area contributed by atoms with Crippen LogP contribution in [0.4, 0.5) is 5.13 Å². The zero-order chi connectivity index (χ0) is 19.0. The molecular weight excluding hydrogens is 400 g/mol. The van der Waals surface area contributed by atoms with Gasteiger partial charge in [0.25, 0.3) is 5.56 Å². The standard InChI is InChI=1S/C18H20N4O2S3/c1-11(16(24)20-17-19-5-6-26-17)27-18(25)21-8-12-7-13(10-21)14-3-2-4-15(23)22(14)9-12/h2-6,11-13H,7-10H2,1H3,(H,19,20,24)/t11-,12-,13-/m0/s1. The Morgan fingerprint density at radius 1 is 1.41 bits per heavy atom. The number of amides is 1. The van der Waals surface area contributed by atoms with Crippen LogP contribution in [0.25, 0.3) is 0 Å². The van der Waals surface area contributed by atoms with E-state index in [0.717, 1.165) is 36.1 Å². The number of aromatic nitrogens is 2. The van der Waals surface area contributed by atoms with E-state index in [1.54, 1.807) is 12.3 Å². The predicted molar refractivity (Wildman–Crippen MR) is 114 cm³/mol. The van der Waals surface area contributed by atoms with Gasteiger partial charge in [0.15, 0.2) is 5.13 Å². The van der Waals surface area contributed by atoms with Crippen LogP contribution in [0.2, 0.25) is 0 Å². The number of piperidine rings is 1. The van der Waals surface area contributed by atoms with E-state index >= 15 is 0 Å². The maximum absolute atomic E-state index is 12.3. The molecule has 3 atom stereocenters. The van der Waals surface area contributed by atoms with Crippen molar-refractivity contribution in [3.05, 3.63) is 45.8 Å². The minimum Gasteiger partial charge on any atom is -0.356 e. The number of nitrogens with zero attached hydrogens (tertiary/aromatic N) is 3. The van der Waals surface area contributed by atoms with Gasteiger partial charge in [0.05, 0.1) is 5.25 Å². The summed E-state index contributed by atoms with van der Waals surface area (Å²) in [5.41, 5.74) is 1.19. The molecule has 0 saturated carbocycles. The van der Waals surface area contributed by atoms with Gasteiger partial charge in [-0.1, -0.05) is 30.0 Å². The molecule has 2 bridgehead atoms. The van der Waals surface area contributed by atoms with Gasteiger partial charge in [-0.25, -0.2) is 4.98 Å². The molecule has 0 aromatic carbocycles. The predicted octanol–water partition coefficient (Wildman–Crippen LogP) is 2.77. The lowest BCUT2D eigenvalue weighted by molar-refractivity contribution is -0.115. The van der Waals surface area contributed by atoms with Gasteiger partial charge in [-0.15, -0.1) is 11.3 Å². The van der Waals surface area contributed by atoms with Crippen LogP contribution in [0.1, 0.15) is 25.0 Å². The third-order valence-electron chi connectivity index (χ3n) is 5.05. The summed E-state index contributed by atoms with van der Waals surface area (Å²) >= 11 is 8.46. The number of fused-ring (bicyclic) bond motifs is 4. The molecule has 2 aromatic heterocycles. The van der Waals surface area contributed by atoms with Crippen molar-refractivity contribution in [1.82, 2.24) is 14.5 Å². The van der Waals surface area contributed by atoms with Gasteiger partial charge in [0.1, 0.15) is 4.32 Å². The lowest BCUT2D eigenvalue weighted by atomic mass is 9.83. The third-order valence-corrected chi connectivity index (χ3v) is 7.31. The van der Waals surface area contributed by atoms with Crippen LogP contribution in [0, 0.1) is 5.92 Å². The molecule has 4 rings (SSSR count). The van der Waals surface area contributed by atoms with E-state index in [-0.39, 0.29) is 16.7 Å². The first kappa shape index (κ1) is 18.6. The topological polar surface area (TPSA) is 67.2 Å². The van der Waals surface area contributed by atoms with Gasteiger partial charge in [-0.2, -0.15) is 0 Å². The van der Waals surface area contributed by atoms with Gasteiger partial charge >= 0.3 is 0 Å². The van der Waals surface area contributed by atoms with Gasteiger partial charge in [0, 0.05) is 48.9 Å². The third kappa shape index (κ3) is 3.95. The van der Waals surface area contributed by atoms with Gasteiger partial charge < -0.3 is 14.8 Å². The molecule has 0 radical (unpaired) electrons. The van der Waals surface area contributed by atoms with E-state index in [2.05, 4.69) is 15.2 Å². The minimum absolute atomic E-state index is 0.0834. The molecule has 27 heavy (non-hydrogen) atoms. The number of pyridine rings is 1. The number of nitrogens with one attached hydrogen (secondary N) is 1. The Balaban J connectivity index is 1.40. The molecule has 0 spiro atoms. The largest absolute Gasteiger partial charge is 0.356 e. The van der Waals surface area contributed by atoms with Crippen LogP contribution in [-0.4, -0.2) is 43.0 Å². The van der Waals surface area contributed by atoms with Crippen molar-refractivity contribution >= 4 is 50.7 Å². The number of thiocarbonyl (C=S) groups is 1.